The zero-order chi connectivity index (χ0) is 24.0. The molecule has 0 aliphatic carbocycles. The van der Waals surface area contributed by atoms with Gasteiger partial charge in [0.05, 0.1) is 11.0 Å². The molecule has 0 saturated heterocycles. The number of aliphatic hydroxyl groups is 1. The van der Waals surface area contributed by atoms with Gasteiger partial charge >= 0.3 is 0 Å². The molecule has 0 bridgehead atoms. The highest BCUT2D eigenvalue weighted by atomic mass is 32.2. The van der Waals surface area contributed by atoms with Gasteiger partial charge in [-0.05, 0) is 60.0 Å². The van der Waals surface area contributed by atoms with Crippen LogP contribution in [0.3, 0.4) is 0 Å². The number of aromatic nitrogens is 1. The van der Waals surface area contributed by atoms with E-state index in [0.717, 1.165) is 27.0 Å². The van der Waals surface area contributed by atoms with Crippen LogP contribution in [0.25, 0.3) is 21.9 Å². The number of hydrogen-bond donors (Lipinski definition) is 4. The van der Waals surface area contributed by atoms with E-state index in [1.807, 2.05) is 60.7 Å². The zero-order valence-electron chi connectivity index (χ0n) is 18.6. The zero-order valence-corrected chi connectivity index (χ0v) is 20.3. The summed E-state index contributed by atoms with van der Waals surface area (Å²) in [7, 11) is -3.74. The van der Waals surface area contributed by atoms with E-state index in [9.17, 15) is 13.5 Å². The van der Waals surface area contributed by atoms with Crippen LogP contribution >= 0.6 is 12.6 Å². The van der Waals surface area contributed by atoms with Gasteiger partial charge in [0.1, 0.15) is 0 Å². The third-order valence-corrected chi connectivity index (χ3v) is 7.38. The Morgan fingerprint density at radius 3 is 2.44 bits per heavy atom. The molecule has 3 N–H and O–H groups in total. The van der Waals surface area contributed by atoms with Crippen LogP contribution in [0.5, 0.6) is 0 Å². The lowest BCUT2D eigenvalue weighted by Gasteiger charge is -2.14. The molecule has 4 aromatic rings. The van der Waals surface area contributed by atoms with Crippen LogP contribution in [0.1, 0.15) is 18.1 Å². The van der Waals surface area contributed by atoms with Gasteiger partial charge in [-0.25, -0.2) is 13.1 Å². The van der Waals surface area contributed by atoms with E-state index >= 15 is 0 Å². The molecule has 34 heavy (non-hydrogen) atoms. The molecule has 0 aliphatic heterocycles. The number of aliphatic hydroxyl groups excluding tert-OH is 1. The van der Waals surface area contributed by atoms with E-state index in [4.69, 9.17) is 0 Å². The van der Waals surface area contributed by atoms with Gasteiger partial charge in [0.2, 0.25) is 10.0 Å². The smallest absolute Gasteiger partial charge is 0.241 e. The Kier molecular flexibility index (Phi) is 7.97. The molecule has 8 heteroatoms. The Hall–Kier alpha value is -2.75. The summed E-state index contributed by atoms with van der Waals surface area (Å²) in [6.07, 6.45) is 3.21. The standard InChI is InChI=1S/C26H27N3O3S2/c30-25(20-6-8-23(33)9-7-20)11-13-27-14-15-29-34(31,32)26-17-21(19-4-2-1-3-5-19)16-22-18-28-12-10-24(22)26/h1-10,12,16-18,25,27,29-30,33H,11,13-15H2. The summed E-state index contributed by atoms with van der Waals surface area (Å²) >= 11 is 4.25. The van der Waals surface area contributed by atoms with E-state index < -0.39 is 16.1 Å². The number of fused-ring (bicyclic) bond motifs is 1. The second kappa shape index (κ2) is 11.1. The molecule has 0 saturated carbocycles. The number of nitrogens with zero attached hydrogens (tertiary/aromatic N) is 1. The predicted octanol–water partition coefficient (Wildman–Crippen LogP) is 4.18. The quantitative estimate of drug-likeness (QED) is 0.197. The average Bonchev–Trinajstić information content (AvgIpc) is 2.86. The van der Waals surface area contributed by atoms with E-state index in [-0.39, 0.29) is 11.4 Å². The summed E-state index contributed by atoms with van der Waals surface area (Å²) in [5.41, 5.74) is 2.59. The van der Waals surface area contributed by atoms with Gasteiger partial charge in [-0.3, -0.25) is 4.98 Å². The molecule has 0 fully saturated rings. The van der Waals surface area contributed by atoms with Gasteiger partial charge in [0.25, 0.3) is 0 Å². The van der Waals surface area contributed by atoms with Crippen LogP contribution in [0.4, 0.5) is 0 Å². The summed E-state index contributed by atoms with van der Waals surface area (Å²) in [5.74, 6) is 0. The summed E-state index contributed by atoms with van der Waals surface area (Å²) < 4.78 is 29.0. The van der Waals surface area contributed by atoms with Crippen LogP contribution in [0.15, 0.2) is 95.0 Å². The van der Waals surface area contributed by atoms with Crippen LogP contribution in [-0.2, 0) is 10.0 Å². The summed E-state index contributed by atoms with van der Waals surface area (Å²) in [4.78, 5) is 5.24. The third-order valence-electron chi connectivity index (χ3n) is 5.58. The first-order valence-electron chi connectivity index (χ1n) is 11.0. The molecule has 0 radical (unpaired) electrons. The average molecular weight is 494 g/mol. The fourth-order valence-electron chi connectivity index (χ4n) is 3.77. The SMILES string of the molecule is O=S(=O)(NCCNCCC(O)c1ccc(S)cc1)c1cc(-c2ccccc2)cc2cnccc12. The molecule has 6 nitrogen and oxygen atoms in total. The Morgan fingerprint density at radius 1 is 0.912 bits per heavy atom. The molecule has 0 amide bonds. The minimum atomic E-state index is -3.74. The van der Waals surface area contributed by atoms with Gasteiger partial charge in [-0.1, -0.05) is 42.5 Å². The number of hydrogen-bond acceptors (Lipinski definition) is 6. The van der Waals surface area contributed by atoms with Crippen molar-refractivity contribution in [3.63, 3.8) is 0 Å². The first kappa shape index (κ1) is 24.4. The largest absolute Gasteiger partial charge is 0.388 e. The second-order valence-electron chi connectivity index (χ2n) is 7.98. The van der Waals surface area contributed by atoms with E-state index in [1.54, 1.807) is 24.5 Å². The monoisotopic (exact) mass is 493 g/mol. The van der Waals surface area contributed by atoms with Crippen molar-refractivity contribution in [2.75, 3.05) is 19.6 Å². The van der Waals surface area contributed by atoms with E-state index in [1.165, 1.54) is 0 Å². The van der Waals surface area contributed by atoms with Crippen LogP contribution < -0.4 is 10.0 Å². The van der Waals surface area contributed by atoms with Crippen molar-refractivity contribution in [2.45, 2.75) is 22.3 Å². The molecular formula is C26H27N3O3S2. The van der Waals surface area contributed by atoms with Crippen LogP contribution in [0.2, 0.25) is 0 Å². The van der Waals surface area contributed by atoms with E-state index in [2.05, 4.69) is 27.7 Å². The molecule has 1 atom stereocenters. The molecule has 0 spiro atoms. The normalized spacial score (nSPS) is 12.6. The first-order chi connectivity index (χ1) is 16.4. The lowest BCUT2D eigenvalue weighted by molar-refractivity contribution is 0.167. The lowest BCUT2D eigenvalue weighted by atomic mass is 10.0. The number of rotatable bonds is 10. The summed E-state index contributed by atoms with van der Waals surface area (Å²) in [5, 5.41) is 14.9. The number of nitrogens with one attached hydrogen (secondary N) is 2. The minimum absolute atomic E-state index is 0.231. The van der Waals surface area contributed by atoms with Crippen molar-refractivity contribution >= 4 is 33.4 Å². The van der Waals surface area contributed by atoms with Gasteiger partial charge in [-0.15, -0.1) is 12.6 Å². The van der Waals surface area contributed by atoms with Crippen molar-refractivity contribution in [3.05, 3.63) is 90.8 Å². The van der Waals surface area contributed by atoms with Crippen molar-refractivity contribution < 1.29 is 13.5 Å². The second-order valence-corrected chi connectivity index (χ2v) is 10.2. The van der Waals surface area contributed by atoms with Crippen molar-refractivity contribution in [2.24, 2.45) is 0 Å². The highest BCUT2D eigenvalue weighted by Gasteiger charge is 2.19. The Morgan fingerprint density at radius 2 is 1.68 bits per heavy atom. The Labute approximate surface area is 205 Å². The highest BCUT2D eigenvalue weighted by Crippen LogP contribution is 2.30. The number of benzene rings is 3. The highest BCUT2D eigenvalue weighted by molar-refractivity contribution is 7.89. The van der Waals surface area contributed by atoms with Gasteiger partial charge in [0.15, 0.2) is 0 Å². The topological polar surface area (TPSA) is 91.3 Å². The fourth-order valence-corrected chi connectivity index (χ4v) is 5.21. The number of sulfonamides is 1. The molecule has 1 unspecified atom stereocenters. The third kappa shape index (κ3) is 6.02. The summed E-state index contributed by atoms with van der Waals surface area (Å²) in [6, 6.07) is 22.4. The first-order valence-corrected chi connectivity index (χ1v) is 13.0. The molecule has 176 valence electrons. The molecule has 3 aromatic carbocycles. The Bertz CT molecular complexity index is 1350. The predicted molar refractivity (Wildman–Crippen MR) is 139 cm³/mol. The van der Waals surface area contributed by atoms with Crippen molar-refractivity contribution in [1.29, 1.82) is 0 Å². The van der Waals surface area contributed by atoms with Crippen molar-refractivity contribution in [1.82, 2.24) is 15.0 Å². The minimum Gasteiger partial charge on any atom is -0.388 e. The van der Waals surface area contributed by atoms with E-state index in [0.29, 0.717) is 24.9 Å². The van der Waals surface area contributed by atoms with Gasteiger partial charge < -0.3 is 10.4 Å². The molecular weight excluding hydrogens is 466 g/mol. The maximum absolute atomic E-state index is 13.2. The van der Waals surface area contributed by atoms with Gasteiger partial charge in [0, 0.05) is 41.2 Å². The maximum Gasteiger partial charge on any atom is 0.241 e. The number of pyridine rings is 1. The molecule has 4 rings (SSSR count). The Balaban J connectivity index is 1.38. The molecule has 1 aromatic heterocycles. The van der Waals surface area contributed by atoms with Crippen LogP contribution in [0, 0.1) is 0 Å². The van der Waals surface area contributed by atoms with Gasteiger partial charge in [-0.2, -0.15) is 0 Å². The number of thiol groups is 1. The summed E-state index contributed by atoms with van der Waals surface area (Å²) in [6.45, 7) is 1.23. The van der Waals surface area contributed by atoms with Crippen molar-refractivity contribution in [3.8, 4) is 11.1 Å². The molecule has 1 heterocycles. The maximum atomic E-state index is 13.2. The fraction of sp³-hybridized carbons (Fsp3) is 0.192. The lowest BCUT2D eigenvalue weighted by Crippen LogP contribution is -2.32. The van der Waals surface area contributed by atoms with Crippen LogP contribution in [-0.4, -0.2) is 38.1 Å². The molecule has 0 aliphatic rings.